The van der Waals surface area contributed by atoms with Crippen LogP contribution >= 0.6 is 11.3 Å². The van der Waals surface area contributed by atoms with Gasteiger partial charge in [0.05, 0.1) is 9.88 Å². The number of thiazole rings is 1. The lowest BCUT2D eigenvalue weighted by molar-refractivity contribution is 0.0725. The molecule has 2 aromatic rings. The maximum absolute atomic E-state index is 13.0. The second kappa shape index (κ2) is 4.92. The molecule has 2 heterocycles. The molecular formula is C18H19N2OS. The Balaban J connectivity index is 1.74. The van der Waals surface area contributed by atoms with Crippen LogP contribution in [0, 0.1) is 26.7 Å². The van der Waals surface area contributed by atoms with Crippen LogP contribution in [0.15, 0.2) is 24.3 Å². The average molecular weight is 311 g/mol. The minimum absolute atomic E-state index is 0.0610. The number of likely N-dealkylation sites (tertiary alicyclic amines) is 1. The van der Waals surface area contributed by atoms with Gasteiger partial charge in [-0.05, 0) is 45.1 Å². The van der Waals surface area contributed by atoms with Gasteiger partial charge in [0.1, 0.15) is 5.69 Å². The molecular weight excluding hydrogens is 292 g/mol. The molecule has 1 aliphatic carbocycles. The fourth-order valence-electron chi connectivity index (χ4n) is 3.55. The first-order valence-electron chi connectivity index (χ1n) is 7.75. The van der Waals surface area contributed by atoms with Gasteiger partial charge in [0.15, 0.2) is 0 Å². The lowest BCUT2D eigenvalue weighted by Gasteiger charge is -2.24. The van der Waals surface area contributed by atoms with Crippen molar-refractivity contribution in [1.82, 2.24) is 9.88 Å². The quantitative estimate of drug-likeness (QED) is 0.843. The van der Waals surface area contributed by atoms with Crippen LogP contribution in [0.25, 0.3) is 10.4 Å². The summed E-state index contributed by atoms with van der Waals surface area (Å²) in [5.41, 5.74) is 2.89. The van der Waals surface area contributed by atoms with E-state index < -0.39 is 0 Å². The third-order valence-corrected chi connectivity index (χ3v) is 5.68. The molecule has 113 valence electrons. The number of piperidine rings is 1. The van der Waals surface area contributed by atoms with Crippen LogP contribution in [0.4, 0.5) is 0 Å². The van der Waals surface area contributed by atoms with Crippen LogP contribution in [0.3, 0.4) is 0 Å². The second-order valence-electron chi connectivity index (χ2n) is 6.45. The van der Waals surface area contributed by atoms with E-state index in [0.29, 0.717) is 17.7 Å². The normalized spacial score (nSPS) is 26.1. The maximum Gasteiger partial charge on any atom is 0.274 e. The van der Waals surface area contributed by atoms with E-state index in [1.54, 1.807) is 11.3 Å². The molecule has 3 nitrogen and oxygen atoms in total. The molecule has 2 fully saturated rings. The molecule has 1 saturated heterocycles. The molecule has 3 atom stereocenters. The Hall–Kier alpha value is -1.68. The van der Waals surface area contributed by atoms with E-state index in [1.807, 2.05) is 17.9 Å². The largest absolute Gasteiger partial charge is 0.331 e. The first kappa shape index (κ1) is 13.9. The molecule has 1 aliphatic heterocycles. The van der Waals surface area contributed by atoms with Crippen LogP contribution in [0.5, 0.6) is 0 Å². The Morgan fingerprint density at radius 3 is 2.86 bits per heavy atom. The zero-order valence-electron chi connectivity index (χ0n) is 12.9. The monoisotopic (exact) mass is 311 g/mol. The lowest BCUT2D eigenvalue weighted by Crippen LogP contribution is -2.37. The Labute approximate surface area is 135 Å². The van der Waals surface area contributed by atoms with Crippen molar-refractivity contribution in [2.75, 3.05) is 0 Å². The summed E-state index contributed by atoms with van der Waals surface area (Å²) in [4.78, 5) is 20.5. The summed E-state index contributed by atoms with van der Waals surface area (Å²) in [5.74, 6) is 0.736. The van der Waals surface area contributed by atoms with E-state index in [0.717, 1.165) is 28.3 Å². The van der Waals surface area contributed by atoms with Crippen LogP contribution in [-0.4, -0.2) is 27.9 Å². The third kappa shape index (κ3) is 2.17. The van der Waals surface area contributed by atoms with Crippen LogP contribution < -0.4 is 0 Å². The highest BCUT2D eigenvalue weighted by atomic mass is 32.1. The highest BCUT2D eigenvalue weighted by molar-refractivity contribution is 7.15. The van der Waals surface area contributed by atoms with Crippen LogP contribution in [0.2, 0.25) is 0 Å². The van der Waals surface area contributed by atoms with Crippen molar-refractivity contribution in [3.8, 4) is 10.4 Å². The number of nitrogens with zero attached hydrogens (tertiary/aromatic N) is 2. The number of rotatable bonds is 2. The summed E-state index contributed by atoms with van der Waals surface area (Å²) >= 11 is 1.60. The van der Waals surface area contributed by atoms with Crippen LogP contribution in [-0.2, 0) is 0 Å². The molecule has 22 heavy (non-hydrogen) atoms. The molecule has 2 aliphatic rings. The van der Waals surface area contributed by atoms with Gasteiger partial charge in [-0.1, -0.05) is 29.8 Å². The highest BCUT2D eigenvalue weighted by Gasteiger charge is 2.53. The number of carbonyl (C=O) groups excluding carboxylic acids is 1. The number of carbonyl (C=O) groups is 1. The molecule has 4 heteroatoms. The van der Waals surface area contributed by atoms with Crippen molar-refractivity contribution in [3.63, 3.8) is 0 Å². The maximum atomic E-state index is 13.0. The molecule has 1 saturated carbocycles. The second-order valence-corrected chi connectivity index (χ2v) is 7.65. The van der Waals surface area contributed by atoms with Crippen molar-refractivity contribution in [2.45, 2.75) is 38.8 Å². The fourth-order valence-corrected chi connectivity index (χ4v) is 4.46. The smallest absolute Gasteiger partial charge is 0.274 e. The number of aryl methyl sites for hydroxylation is 2. The number of amides is 1. The molecule has 4 rings (SSSR count). The van der Waals surface area contributed by atoms with Gasteiger partial charge >= 0.3 is 0 Å². The fraction of sp³-hybridized carbons (Fsp3) is 0.389. The molecule has 0 bridgehead atoms. The van der Waals surface area contributed by atoms with Gasteiger partial charge < -0.3 is 4.90 Å². The third-order valence-electron chi connectivity index (χ3n) is 4.66. The summed E-state index contributed by atoms with van der Waals surface area (Å²) < 4.78 is 0. The predicted molar refractivity (Wildman–Crippen MR) is 88.9 cm³/mol. The van der Waals surface area contributed by atoms with Crippen molar-refractivity contribution in [1.29, 1.82) is 0 Å². The number of aromatic nitrogens is 1. The minimum Gasteiger partial charge on any atom is -0.331 e. The molecule has 1 amide bonds. The Morgan fingerprint density at radius 2 is 2.18 bits per heavy atom. The van der Waals surface area contributed by atoms with Gasteiger partial charge in [0.2, 0.25) is 0 Å². The zero-order chi connectivity index (χ0) is 15.4. The van der Waals surface area contributed by atoms with E-state index in [2.05, 4.69) is 37.0 Å². The van der Waals surface area contributed by atoms with E-state index in [-0.39, 0.29) is 11.9 Å². The first-order valence-corrected chi connectivity index (χ1v) is 8.56. The van der Waals surface area contributed by atoms with Crippen molar-refractivity contribution < 1.29 is 4.79 Å². The van der Waals surface area contributed by atoms with Gasteiger partial charge in [0.25, 0.3) is 5.91 Å². The zero-order valence-corrected chi connectivity index (χ0v) is 13.7. The van der Waals surface area contributed by atoms with E-state index in [1.165, 1.54) is 5.56 Å². The van der Waals surface area contributed by atoms with Crippen molar-refractivity contribution in [2.24, 2.45) is 5.92 Å². The molecule has 0 unspecified atom stereocenters. The molecule has 0 spiro atoms. The number of hydrogen-bond acceptors (Lipinski definition) is 3. The van der Waals surface area contributed by atoms with Crippen LogP contribution in [0.1, 0.15) is 33.9 Å². The predicted octanol–water partition coefficient (Wildman–Crippen LogP) is 3.86. The van der Waals surface area contributed by atoms with E-state index in [4.69, 9.17) is 0 Å². The van der Waals surface area contributed by atoms with Gasteiger partial charge in [0, 0.05) is 12.1 Å². The topological polar surface area (TPSA) is 33.2 Å². The van der Waals surface area contributed by atoms with Crippen molar-refractivity contribution >= 4 is 17.2 Å². The van der Waals surface area contributed by atoms with Gasteiger partial charge in [-0.25, -0.2) is 4.98 Å². The Bertz CT molecular complexity index is 749. The summed E-state index contributed by atoms with van der Waals surface area (Å²) in [6.45, 7) is 8.18. The lowest BCUT2D eigenvalue weighted by atomic mass is 10.1. The van der Waals surface area contributed by atoms with E-state index >= 15 is 0 Å². The summed E-state index contributed by atoms with van der Waals surface area (Å²) in [5, 5.41) is 0.937. The van der Waals surface area contributed by atoms with Gasteiger partial charge in [-0.3, -0.25) is 4.79 Å². The average Bonchev–Trinajstić information content (AvgIpc) is 2.97. The summed E-state index contributed by atoms with van der Waals surface area (Å²) in [6, 6.07) is 8.79. The van der Waals surface area contributed by atoms with E-state index in [9.17, 15) is 4.79 Å². The number of fused-ring (bicyclic) bond motifs is 1. The number of hydrogen-bond donors (Lipinski definition) is 0. The highest BCUT2D eigenvalue weighted by Crippen LogP contribution is 2.48. The first-order chi connectivity index (χ1) is 10.5. The Kier molecular flexibility index (Phi) is 3.12. The van der Waals surface area contributed by atoms with Crippen molar-refractivity contribution in [3.05, 3.63) is 47.5 Å². The number of benzene rings is 1. The minimum atomic E-state index is 0.0610. The molecule has 0 N–H and O–H groups in total. The standard InChI is InChI=1S/C18H19N2OS/c1-10-5-4-6-13(7-10)17-16(19-12(3)22-17)18(21)20-11(2)8-14-9-15(14)20/h4-7,11,14-15H,2,8-9H2,1,3H3/t11-,14+,15-/m0/s1. The Morgan fingerprint density at radius 1 is 1.36 bits per heavy atom. The molecule has 1 aromatic heterocycles. The molecule has 1 radical (unpaired) electrons. The van der Waals surface area contributed by atoms with Gasteiger partial charge in [-0.2, -0.15) is 0 Å². The summed E-state index contributed by atoms with van der Waals surface area (Å²) in [7, 11) is 0. The summed E-state index contributed by atoms with van der Waals surface area (Å²) in [6.07, 6.45) is 2.18. The van der Waals surface area contributed by atoms with Gasteiger partial charge in [-0.15, -0.1) is 11.3 Å². The molecule has 1 aromatic carbocycles. The SMILES string of the molecule is [CH2][C@H]1C[C@@H]2C[C@@H]2N1C(=O)c1nc(C)sc1-c1cccc(C)c1.